The minimum atomic E-state index is 0. The standard InChI is InChI=1S/C3H7O2.2Al.5H/c1-5-3-2-4;;;;;;;/h2-3H2,1H3;;;;;;;/q-1;2*+3;5*-1. The van der Waals surface area contributed by atoms with Gasteiger partial charge in [-0.15, -0.1) is 0 Å². The smallest absolute Gasteiger partial charge is 1.00 e. The minimum absolute atomic E-state index is 0. The molecule has 0 aromatic heterocycles. The van der Waals surface area contributed by atoms with Crippen LogP contribution in [0.25, 0.3) is 0 Å². The molecule has 0 saturated heterocycles. The summed E-state index contributed by atoms with van der Waals surface area (Å²) < 4.78 is 9.22. The Bertz CT molecular complexity index is 34.7. The molecule has 0 atom stereocenters. The van der Waals surface area contributed by atoms with Gasteiger partial charge in [0.2, 0.25) is 0 Å². The van der Waals surface area contributed by atoms with E-state index < -0.39 is 0 Å². The van der Waals surface area contributed by atoms with Gasteiger partial charge in [-0.1, -0.05) is 0 Å². The first kappa shape index (κ1) is 10.9. The maximum Gasteiger partial charge on any atom is 3.00 e. The molecule has 0 aliphatic carbocycles. The zero-order chi connectivity index (χ0) is 4.83. The van der Waals surface area contributed by atoms with Crippen molar-refractivity contribution in [1.29, 1.82) is 0 Å². The van der Waals surface area contributed by atoms with Crippen molar-refractivity contribution >= 4 is 34.0 Å². The summed E-state index contributed by atoms with van der Waals surface area (Å²) in [4.78, 5) is 0. The Morgan fingerprint density at radius 2 is 2.14 bits per heavy atom. The van der Waals surface area contributed by atoms with Crippen LogP contribution in [0.3, 0.4) is 0 Å². The van der Waals surface area contributed by atoms with Crippen molar-refractivity contribution < 1.29 is 15.7 Å². The van der Waals surface area contributed by atoms with Gasteiger partial charge in [0.1, 0.15) is 0 Å². The Hall–Kier alpha value is 0.985. The molecule has 4 heteroatoms. The van der Waals surface area contributed by atoms with E-state index in [9.17, 15) is 0 Å². The molecule has 0 aromatic carbocycles. The van der Waals surface area contributed by atoms with Gasteiger partial charge in [0.25, 0.3) is 0 Å². The second-order valence-electron chi connectivity index (χ2n) is 0.864. The number of ether oxygens (including phenoxy) is 1. The van der Waals surface area contributed by atoms with Crippen LogP contribution in [-0.4, -0.2) is 54.3 Å². The molecule has 0 aromatic rings. The van der Waals surface area contributed by atoms with Crippen LogP contribution in [0.4, 0.5) is 0 Å². The molecule has 0 saturated carbocycles. The van der Waals surface area contributed by atoms with Crippen LogP contribution < -0.4 is 0 Å². The number of hydrogen-bond donors (Lipinski definition) is 0. The first-order valence-electron chi connectivity index (χ1n) is 1.72. The summed E-state index contributed by atoms with van der Waals surface area (Å²) in [6.07, 6.45) is 0. The Labute approximate surface area is 70.5 Å². The summed E-state index contributed by atoms with van der Waals surface area (Å²) in [5.41, 5.74) is 0. The van der Waals surface area contributed by atoms with Gasteiger partial charge in [0.05, 0.1) is 0 Å². The molecular formula is C3H12Al2O2. The monoisotopic (exact) mass is 134 g/mol. The molecule has 7 heavy (non-hydrogen) atoms. The summed E-state index contributed by atoms with van der Waals surface area (Å²) in [5.74, 6) is 0. The molecule has 0 heterocycles. The molecular weight excluding hydrogens is 122 g/mol. The molecule has 0 fully saturated rings. The Balaban J connectivity index is -0.00000000833. The average molecular weight is 134 g/mol. The van der Waals surface area contributed by atoms with Crippen LogP contribution in [0, 0.1) is 0 Å². The van der Waals surface area contributed by atoms with Gasteiger partial charge < -0.3 is 7.13 Å². The molecule has 0 spiro atoms. The van der Waals surface area contributed by atoms with E-state index in [1.54, 1.807) is 7.11 Å². The van der Waals surface area contributed by atoms with E-state index in [1.165, 1.54) is 0 Å². The second-order valence-corrected chi connectivity index (χ2v) is 1.20. The molecule has 0 radical (unpaired) electrons. The van der Waals surface area contributed by atoms with Gasteiger partial charge in [0, 0.05) is 0 Å². The molecule has 0 aliphatic heterocycles. The van der Waals surface area contributed by atoms with Gasteiger partial charge in [-0.25, -0.2) is 0 Å². The Morgan fingerprint density at radius 1 is 1.57 bits per heavy atom. The molecule has 0 aliphatic rings. The van der Waals surface area contributed by atoms with Crippen molar-refractivity contribution in [2.45, 2.75) is 0 Å². The van der Waals surface area contributed by atoms with E-state index in [4.69, 9.17) is 0 Å². The van der Waals surface area contributed by atoms with Gasteiger partial charge in [-0.3, -0.25) is 0 Å². The summed E-state index contributed by atoms with van der Waals surface area (Å²) >= 11 is 2.15. The first-order chi connectivity index (χ1) is 2.91. The fraction of sp³-hybridized carbons (Fsp3) is 1.00. The Morgan fingerprint density at radius 3 is 2.29 bits per heavy atom. The predicted molar refractivity (Wildman–Crippen MR) is 34.9 cm³/mol. The predicted octanol–water partition coefficient (Wildman–Crippen LogP) is -0.0854. The molecule has 0 N–H and O–H groups in total. The van der Waals surface area contributed by atoms with Gasteiger partial charge in [-0.05, 0) is 0 Å². The third-order valence-electron chi connectivity index (χ3n) is 0.405. The molecule has 0 rings (SSSR count). The van der Waals surface area contributed by atoms with Crippen LogP contribution >= 0.6 is 0 Å². The zero-order valence-electron chi connectivity index (χ0n) is 9.39. The summed E-state index contributed by atoms with van der Waals surface area (Å²) in [6, 6.07) is 0. The normalized spacial score (nSPS) is 7.86. The van der Waals surface area contributed by atoms with Crippen molar-refractivity contribution in [2.24, 2.45) is 0 Å². The largest absolute Gasteiger partial charge is 3.00 e. The summed E-state index contributed by atoms with van der Waals surface area (Å²) in [6.45, 7) is 1.32. The van der Waals surface area contributed by atoms with Crippen molar-refractivity contribution in [1.82, 2.24) is 0 Å². The van der Waals surface area contributed by atoms with Gasteiger partial charge >= 0.3 is 62.8 Å². The molecule has 42 valence electrons. The van der Waals surface area contributed by atoms with Crippen molar-refractivity contribution in [3.63, 3.8) is 0 Å². The van der Waals surface area contributed by atoms with E-state index in [2.05, 4.69) is 25.1 Å². The fourth-order valence-corrected chi connectivity index (χ4v) is 0.228. The molecule has 0 amide bonds. The quantitative estimate of drug-likeness (QED) is 0.397. The summed E-state index contributed by atoms with van der Waals surface area (Å²) in [5, 5.41) is 0. The van der Waals surface area contributed by atoms with E-state index in [-0.39, 0.29) is 24.5 Å². The Kier molecular flexibility index (Phi) is 15.6. The number of hydrogen-bond acceptors (Lipinski definition) is 2. The zero-order valence-corrected chi connectivity index (χ0v) is 6.69. The van der Waals surface area contributed by atoms with Crippen molar-refractivity contribution in [3.8, 4) is 0 Å². The molecule has 0 bridgehead atoms. The third kappa shape index (κ3) is 10.9. The maximum absolute atomic E-state index is 4.64. The van der Waals surface area contributed by atoms with Gasteiger partial charge in [-0.2, -0.15) is 0 Å². The van der Waals surface area contributed by atoms with E-state index in [0.29, 0.717) is 13.2 Å². The SMILES string of the molecule is COCC[O][Al+2].[Al+3].[H-].[H-].[H-].[H-].[H-]. The van der Waals surface area contributed by atoms with Crippen molar-refractivity contribution in [2.75, 3.05) is 20.3 Å². The molecule has 0 unspecified atom stereocenters. The van der Waals surface area contributed by atoms with Crippen LogP contribution in [0.15, 0.2) is 0 Å². The first-order valence-corrected chi connectivity index (χ1v) is 2.19. The average Bonchev–Trinajstić information content (AvgIpc) is 1.61. The third-order valence-corrected chi connectivity index (χ3v) is 0.641. The van der Waals surface area contributed by atoms with Crippen LogP contribution in [0.2, 0.25) is 0 Å². The number of rotatable bonds is 3. The second kappa shape index (κ2) is 10.1. The van der Waals surface area contributed by atoms with E-state index in [0.717, 1.165) is 0 Å². The van der Waals surface area contributed by atoms with Crippen LogP contribution in [-0.2, 0) is 8.53 Å². The minimum Gasteiger partial charge on any atom is -1.00 e. The van der Waals surface area contributed by atoms with Crippen LogP contribution in [0.5, 0.6) is 0 Å². The topological polar surface area (TPSA) is 18.5 Å². The van der Waals surface area contributed by atoms with Crippen molar-refractivity contribution in [3.05, 3.63) is 0 Å². The maximum atomic E-state index is 4.64. The molecule has 2 nitrogen and oxygen atoms in total. The van der Waals surface area contributed by atoms with Crippen LogP contribution in [0.1, 0.15) is 7.13 Å². The number of methoxy groups -OCH3 is 1. The summed E-state index contributed by atoms with van der Waals surface area (Å²) in [7, 11) is 1.64. The van der Waals surface area contributed by atoms with E-state index >= 15 is 0 Å². The van der Waals surface area contributed by atoms with E-state index in [1.807, 2.05) is 0 Å². The fourth-order valence-electron chi connectivity index (χ4n) is 0.131. The van der Waals surface area contributed by atoms with Gasteiger partial charge in [0.15, 0.2) is 0 Å².